The minimum absolute atomic E-state index is 0.0361. The third kappa shape index (κ3) is 4.83. The predicted molar refractivity (Wildman–Crippen MR) is 142 cm³/mol. The van der Waals surface area contributed by atoms with Crippen molar-refractivity contribution in [2.24, 2.45) is 11.1 Å². The number of hydrogen-bond donors (Lipinski definition) is 1. The number of anilines is 1. The number of piperidine rings is 1. The highest BCUT2D eigenvalue weighted by molar-refractivity contribution is 6.31. The van der Waals surface area contributed by atoms with Crippen LogP contribution in [0.2, 0.25) is 5.02 Å². The maximum atomic E-state index is 15.1. The number of nitrogens with zero attached hydrogens (tertiary/aromatic N) is 5. The first-order valence-electron chi connectivity index (χ1n) is 12.1. The van der Waals surface area contributed by atoms with E-state index in [1.807, 2.05) is 29.2 Å². The van der Waals surface area contributed by atoms with Crippen molar-refractivity contribution in [3.8, 4) is 17.0 Å². The summed E-state index contributed by atoms with van der Waals surface area (Å²) >= 11 is 6.07. The lowest BCUT2D eigenvalue weighted by Gasteiger charge is -2.37. The number of nitrogens with two attached hydrogens (primary N) is 1. The number of amides is 1. The van der Waals surface area contributed by atoms with Crippen molar-refractivity contribution in [2.45, 2.75) is 33.2 Å². The Morgan fingerprint density at radius 1 is 1.14 bits per heavy atom. The first-order valence-corrected chi connectivity index (χ1v) is 12.5. The number of ether oxygens (including phenoxy) is 1. The molecule has 2 aromatic carbocycles. The molecule has 0 aliphatic carbocycles. The van der Waals surface area contributed by atoms with Crippen LogP contribution >= 0.6 is 11.6 Å². The molecule has 8 nitrogen and oxygen atoms in total. The van der Waals surface area contributed by atoms with Crippen LogP contribution in [0.3, 0.4) is 0 Å². The fourth-order valence-electron chi connectivity index (χ4n) is 4.56. The molecule has 1 fully saturated rings. The van der Waals surface area contributed by atoms with Crippen LogP contribution in [0.25, 0.3) is 22.4 Å². The van der Waals surface area contributed by atoms with Gasteiger partial charge in [0, 0.05) is 18.7 Å². The number of carbonyl (C=O) groups excluding carboxylic acids is 1. The Morgan fingerprint density at radius 2 is 1.84 bits per heavy atom. The van der Waals surface area contributed by atoms with Crippen molar-refractivity contribution >= 4 is 34.5 Å². The van der Waals surface area contributed by atoms with E-state index in [1.54, 1.807) is 23.9 Å². The van der Waals surface area contributed by atoms with Gasteiger partial charge in [0.1, 0.15) is 17.0 Å². The summed E-state index contributed by atoms with van der Waals surface area (Å²) in [7, 11) is 1.61. The molecule has 0 radical (unpaired) electrons. The molecular formula is C27H28ClFN6O2. The summed E-state index contributed by atoms with van der Waals surface area (Å²) in [6.45, 7) is 6.24. The summed E-state index contributed by atoms with van der Waals surface area (Å²) < 4.78 is 22.0. The Hall–Kier alpha value is -3.72. The van der Waals surface area contributed by atoms with Gasteiger partial charge >= 0.3 is 0 Å². The summed E-state index contributed by atoms with van der Waals surface area (Å²) in [6.07, 6.45) is 1.88. The van der Waals surface area contributed by atoms with Gasteiger partial charge in [-0.15, -0.1) is 0 Å². The molecular weight excluding hydrogens is 495 g/mol. The Bertz CT molecular complexity index is 1470. The van der Waals surface area contributed by atoms with E-state index in [2.05, 4.69) is 18.8 Å². The average molecular weight is 523 g/mol. The molecule has 1 aliphatic rings. The number of fused-ring (bicyclic) bond motifs is 1. The maximum absolute atomic E-state index is 15.1. The van der Waals surface area contributed by atoms with Crippen LogP contribution in [0.15, 0.2) is 42.5 Å². The van der Waals surface area contributed by atoms with Crippen LogP contribution < -0.4 is 15.4 Å². The molecule has 0 saturated carbocycles. The van der Waals surface area contributed by atoms with E-state index in [4.69, 9.17) is 32.2 Å². The van der Waals surface area contributed by atoms with Crippen molar-refractivity contribution in [3.63, 3.8) is 0 Å². The van der Waals surface area contributed by atoms with Crippen molar-refractivity contribution in [2.75, 3.05) is 25.1 Å². The monoisotopic (exact) mass is 522 g/mol. The van der Waals surface area contributed by atoms with Gasteiger partial charge in [0.15, 0.2) is 23.0 Å². The zero-order chi connectivity index (χ0) is 26.3. The van der Waals surface area contributed by atoms with Crippen molar-refractivity contribution in [1.29, 1.82) is 0 Å². The van der Waals surface area contributed by atoms with Crippen molar-refractivity contribution in [3.05, 3.63) is 64.6 Å². The summed E-state index contributed by atoms with van der Waals surface area (Å²) in [4.78, 5) is 24.1. The molecule has 1 aliphatic heterocycles. The number of primary amides is 1. The van der Waals surface area contributed by atoms with E-state index < -0.39 is 11.7 Å². The molecule has 10 heteroatoms. The molecule has 0 bridgehead atoms. The van der Waals surface area contributed by atoms with Gasteiger partial charge in [0.05, 0.1) is 18.7 Å². The summed E-state index contributed by atoms with van der Waals surface area (Å²) in [5.41, 5.74) is 8.06. The van der Waals surface area contributed by atoms with Crippen LogP contribution in [0.5, 0.6) is 5.75 Å². The van der Waals surface area contributed by atoms with E-state index in [0.29, 0.717) is 18.0 Å². The smallest absolute Gasteiger partial charge is 0.271 e. The van der Waals surface area contributed by atoms with E-state index in [1.165, 1.54) is 6.07 Å². The van der Waals surface area contributed by atoms with Crippen LogP contribution in [0.1, 0.15) is 42.7 Å². The molecule has 1 amide bonds. The van der Waals surface area contributed by atoms with E-state index in [0.717, 1.165) is 37.2 Å². The molecule has 2 N–H and O–H groups in total. The van der Waals surface area contributed by atoms with Gasteiger partial charge in [-0.1, -0.05) is 43.6 Å². The van der Waals surface area contributed by atoms with Gasteiger partial charge < -0.3 is 15.4 Å². The maximum Gasteiger partial charge on any atom is 0.271 e. The highest BCUT2D eigenvalue weighted by Gasteiger charge is 2.30. The Labute approximate surface area is 219 Å². The first kappa shape index (κ1) is 25.0. The number of carbonyl (C=O) groups is 1. The quantitative estimate of drug-likeness (QED) is 0.379. The fourth-order valence-corrected chi connectivity index (χ4v) is 4.74. The minimum Gasteiger partial charge on any atom is -0.497 e. The summed E-state index contributed by atoms with van der Waals surface area (Å²) in [6, 6.07) is 12.2. The van der Waals surface area contributed by atoms with Gasteiger partial charge in [0.25, 0.3) is 5.91 Å². The molecule has 192 valence electrons. The van der Waals surface area contributed by atoms with Gasteiger partial charge in [-0.05, 0) is 48.1 Å². The van der Waals surface area contributed by atoms with Crippen LogP contribution in [0.4, 0.5) is 10.2 Å². The second kappa shape index (κ2) is 9.63. The fraction of sp³-hybridized carbons (Fsp3) is 0.333. The number of benzene rings is 2. The SMILES string of the molecule is COc1ccc(Cn2nc(-c3cccc(Cl)c3F)c3nc(C(N)=O)c(N4CCC(C)(C)CC4)nc32)cc1. The van der Waals surface area contributed by atoms with Gasteiger partial charge in [-0.3, -0.25) is 4.79 Å². The van der Waals surface area contributed by atoms with Crippen LogP contribution in [-0.2, 0) is 6.54 Å². The first-order chi connectivity index (χ1) is 17.7. The highest BCUT2D eigenvalue weighted by atomic mass is 35.5. The highest BCUT2D eigenvalue weighted by Crippen LogP contribution is 2.36. The number of rotatable bonds is 6. The predicted octanol–water partition coefficient (Wildman–Crippen LogP) is 5.07. The Balaban J connectivity index is 1.69. The third-order valence-corrected chi connectivity index (χ3v) is 7.19. The van der Waals surface area contributed by atoms with E-state index in [-0.39, 0.29) is 32.9 Å². The van der Waals surface area contributed by atoms with Gasteiger partial charge in [-0.25, -0.2) is 19.0 Å². The molecule has 4 aromatic rings. The largest absolute Gasteiger partial charge is 0.497 e. The Kier molecular flexibility index (Phi) is 6.49. The lowest BCUT2D eigenvalue weighted by atomic mass is 9.82. The Morgan fingerprint density at radius 3 is 2.49 bits per heavy atom. The summed E-state index contributed by atoms with van der Waals surface area (Å²) in [5, 5.41) is 4.66. The molecule has 2 aromatic heterocycles. The number of aromatic nitrogens is 4. The molecule has 1 saturated heterocycles. The van der Waals surface area contributed by atoms with E-state index >= 15 is 4.39 Å². The van der Waals surface area contributed by atoms with Crippen LogP contribution in [0, 0.1) is 11.2 Å². The zero-order valence-electron chi connectivity index (χ0n) is 21.0. The van der Waals surface area contributed by atoms with Crippen LogP contribution in [-0.4, -0.2) is 45.9 Å². The van der Waals surface area contributed by atoms with Gasteiger partial charge in [0.2, 0.25) is 0 Å². The molecule has 0 unspecified atom stereocenters. The van der Waals surface area contributed by atoms with Gasteiger partial charge in [-0.2, -0.15) is 5.10 Å². The van der Waals surface area contributed by atoms with Crippen molar-refractivity contribution < 1.29 is 13.9 Å². The molecule has 37 heavy (non-hydrogen) atoms. The topological polar surface area (TPSA) is 99.2 Å². The molecule has 3 heterocycles. The zero-order valence-corrected chi connectivity index (χ0v) is 21.7. The second-order valence-corrected chi connectivity index (χ2v) is 10.4. The standard InChI is InChI=1S/C27H28ClFN6O2/c1-27(2)11-13-34(14-12-27)25-23(24(30)36)31-22-21(18-5-4-6-19(28)20(18)29)33-35(26(22)32-25)15-16-7-9-17(37-3)10-8-16/h4-10H,11-15H2,1-3H3,(H2,30,36). The molecule has 0 atom stereocenters. The summed E-state index contributed by atoms with van der Waals surface area (Å²) in [5.74, 6) is -0.166. The molecule has 0 spiro atoms. The number of hydrogen-bond acceptors (Lipinski definition) is 6. The normalized spacial score (nSPS) is 15.2. The molecule has 5 rings (SSSR count). The average Bonchev–Trinajstić information content (AvgIpc) is 3.22. The lowest BCUT2D eigenvalue weighted by Crippen LogP contribution is -2.39. The second-order valence-electron chi connectivity index (χ2n) is 10.0. The van der Waals surface area contributed by atoms with E-state index in [9.17, 15) is 4.79 Å². The van der Waals surface area contributed by atoms with Crippen molar-refractivity contribution in [1.82, 2.24) is 19.7 Å². The lowest BCUT2D eigenvalue weighted by molar-refractivity contribution is 0.0996. The minimum atomic E-state index is -0.699. The number of halogens is 2. The number of methoxy groups -OCH3 is 1. The third-order valence-electron chi connectivity index (χ3n) is 6.90.